The second-order valence-corrected chi connectivity index (χ2v) is 4.75. The smallest absolute Gasteiger partial charge is 0.0841 e. The lowest BCUT2D eigenvalue weighted by Gasteiger charge is -2.02. The van der Waals surface area contributed by atoms with Crippen LogP contribution in [0.2, 0.25) is 0 Å². The fourth-order valence-corrected chi connectivity index (χ4v) is 2.08. The average molecular weight is 259 g/mol. The van der Waals surface area contributed by atoms with Crippen molar-refractivity contribution in [2.45, 2.75) is 20.0 Å². The average Bonchev–Trinajstić information content (AvgIpc) is 2.73. The molecule has 0 spiro atoms. The van der Waals surface area contributed by atoms with Crippen LogP contribution in [-0.2, 0) is 17.8 Å². The van der Waals surface area contributed by atoms with Crippen molar-refractivity contribution in [3.05, 3.63) is 42.1 Å². The van der Waals surface area contributed by atoms with Gasteiger partial charge in [0.25, 0.3) is 0 Å². The van der Waals surface area contributed by atoms with E-state index in [1.165, 1.54) is 5.39 Å². The summed E-state index contributed by atoms with van der Waals surface area (Å²) in [7, 11) is 1.71. The summed E-state index contributed by atoms with van der Waals surface area (Å²) < 4.78 is 7.04. The van der Waals surface area contributed by atoms with Gasteiger partial charge in [0, 0.05) is 25.6 Å². The molecule has 0 aliphatic carbocycles. The quantitative estimate of drug-likeness (QED) is 0.613. The Hall–Kier alpha value is -1.65. The fraction of sp³-hybridized carbons (Fsp3) is 0.400. The molecule has 1 N–H and O–H groups in total. The summed E-state index contributed by atoms with van der Waals surface area (Å²) in [4.78, 5) is 0. The molecule has 0 radical (unpaired) electrons. The van der Waals surface area contributed by atoms with Gasteiger partial charge in [-0.25, -0.2) is 0 Å². The first-order chi connectivity index (χ1) is 9.22. The summed E-state index contributed by atoms with van der Waals surface area (Å²) in [5.74, 6) is 0. The van der Waals surface area contributed by atoms with Gasteiger partial charge >= 0.3 is 0 Å². The van der Waals surface area contributed by atoms with Gasteiger partial charge in [-0.05, 0) is 13.0 Å². The molecule has 0 unspecified atom stereocenters. The Morgan fingerprint density at radius 2 is 2.21 bits per heavy atom. The fourth-order valence-electron chi connectivity index (χ4n) is 2.08. The molecule has 1 aromatic heterocycles. The van der Waals surface area contributed by atoms with Gasteiger partial charge in [0.05, 0.1) is 24.4 Å². The highest BCUT2D eigenvalue weighted by molar-refractivity contribution is 5.82. The zero-order valence-electron chi connectivity index (χ0n) is 11.6. The second kappa shape index (κ2) is 6.50. The van der Waals surface area contributed by atoms with Crippen LogP contribution in [0, 0.1) is 0 Å². The summed E-state index contributed by atoms with van der Waals surface area (Å²) in [6.45, 7) is 9.04. The topological polar surface area (TPSA) is 39.1 Å². The van der Waals surface area contributed by atoms with Gasteiger partial charge in [0.2, 0.25) is 0 Å². The molecule has 0 aliphatic rings. The van der Waals surface area contributed by atoms with E-state index in [-0.39, 0.29) is 0 Å². The van der Waals surface area contributed by atoms with Crippen LogP contribution in [0.1, 0.15) is 12.6 Å². The highest BCUT2D eigenvalue weighted by atomic mass is 16.5. The number of hydrogen-bond acceptors (Lipinski definition) is 3. The number of hydrogen-bond donors (Lipinski definition) is 1. The molecule has 2 aromatic rings. The Morgan fingerprint density at radius 1 is 1.42 bits per heavy atom. The normalized spacial score (nSPS) is 11.1. The predicted octanol–water partition coefficient (Wildman–Crippen LogP) is 2.35. The van der Waals surface area contributed by atoms with Crippen LogP contribution in [-0.4, -0.2) is 30.0 Å². The van der Waals surface area contributed by atoms with E-state index in [0.29, 0.717) is 6.61 Å². The number of ether oxygens (including phenoxy) is 1. The molecule has 0 aliphatic heterocycles. The van der Waals surface area contributed by atoms with Crippen molar-refractivity contribution >= 4 is 10.9 Å². The number of rotatable bonds is 7. The minimum atomic E-state index is 0.713. The van der Waals surface area contributed by atoms with Gasteiger partial charge in [-0.2, -0.15) is 5.10 Å². The second-order valence-electron chi connectivity index (χ2n) is 4.75. The highest BCUT2D eigenvalue weighted by Crippen LogP contribution is 2.19. The molecule has 0 atom stereocenters. The molecule has 4 heteroatoms. The van der Waals surface area contributed by atoms with Crippen LogP contribution in [0.4, 0.5) is 0 Å². The largest absolute Gasteiger partial charge is 0.383 e. The third kappa shape index (κ3) is 3.43. The van der Waals surface area contributed by atoms with Crippen LogP contribution in [0.5, 0.6) is 0 Å². The first-order valence-corrected chi connectivity index (χ1v) is 6.51. The molecule has 19 heavy (non-hydrogen) atoms. The van der Waals surface area contributed by atoms with Gasteiger partial charge in [-0.15, -0.1) is 0 Å². The summed E-state index contributed by atoms with van der Waals surface area (Å²) in [5, 5.41) is 9.22. The lowest BCUT2D eigenvalue weighted by molar-refractivity contribution is 0.199. The standard InChI is InChI=1S/C15H21N3O/c1-12(2)11-18-15-7-5-4-6-13(15)14(17-18)10-16-8-9-19-3/h4-7,16H,1,8-11H2,2-3H3. The Bertz CT molecular complexity index is 560. The third-order valence-electron chi connectivity index (χ3n) is 2.93. The third-order valence-corrected chi connectivity index (χ3v) is 2.93. The van der Waals surface area contributed by atoms with Gasteiger partial charge in [0.15, 0.2) is 0 Å². The maximum absolute atomic E-state index is 5.03. The summed E-state index contributed by atoms with van der Waals surface area (Å²) in [5.41, 5.74) is 3.34. The summed E-state index contributed by atoms with van der Waals surface area (Å²) in [6.07, 6.45) is 0. The Balaban J connectivity index is 2.20. The minimum absolute atomic E-state index is 0.713. The van der Waals surface area contributed by atoms with E-state index in [1.54, 1.807) is 7.11 Å². The highest BCUT2D eigenvalue weighted by Gasteiger charge is 2.09. The Labute approximate surface area is 114 Å². The first-order valence-electron chi connectivity index (χ1n) is 6.51. The van der Waals surface area contributed by atoms with Crippen LogP contribution in [0.15, 0.2) is 36.4 Å². The summed E-state index contributed by atoms with van der Waals surface area (Å²) >= 11 is 0. The predicted molar refractivity (Wildman–Crippen MR) is 78.1 cm³/mol. The van der Waals surface area contributed by atoms with E-state index in [2.05, 4.69) is 29.1 Å². The molecule has 0 saturated carbocycles. The van der Waals surface area contributed by atoms with Crippen molar-refractivity contribution in [1.82, 2.24) is 15.1 Å². The number of nitrogens with zero attached hydrogens (tertiary/aromatic N) is 2. The molecule has 0 fully saturated rings. The van der Waals surface area contributed by atoms with Crippen molar-refractivity contribution in [1.29, 1.82) is 0 Å². The van der Waals surface area contributed by atoms with Crippen LogP contribution < -0.4 is 5.32 Å². The zero-order valence-corrected chi connectivity index (χ0v) is 11.6. The maximum Gasteiger partial charge on any atom is 0.0841 e. The van der Waals surface area contributed by atoms with Crippen molar-refractivity contribution in [3.63, 3.8) is 0 Å². The Kier molecular flexibility index (Phi) is 4.71. The number of nitrogens with one attached hydrogen (secondary N) is 1. The number of aromatic nitrogens is 2. The molecule has 4 nitrogen and oxygen atoms in total. The van der Waals surface area contributed by atoms with Gasteiger partial charge < -0.3 is 10.1 Å². The Morgan fingerprint density at radius 3 is 2.95 bits per heavy atom. The lowest BCUT2D eigenvalue weighted by Crippen LogP contribution is -2.19. The van der Waals surface area contributed by atoms with E-state index in [9.17, 15) is 0 Å². The van der Waals surface area contributed by atoms with E-state index in [4.69, 9.17) is 4.74 Å². The SMILES string of the molecule is C=C(C)Cn1nc(CNCCOC)c2ccccc21. The zero-order chi connectivity index (χ0) is 13.7. The maximum atomic E-state index is 5.03. The lowest BCUT2D eigenvalue weighted by atomic mass is 10.2. The molecular weight excluding hydrogens is 238 g/mol. The van der Waals surface area contributed by atoms with Gasteiger partial charge in [-0.1, -0.05) is 30.4 Å². The van der Waals surface area contributed by atoms with E-state index < -0.39 is 0 Å². The van der Waals surface area contributed by atoms with Crippen molar-refractivity contribution in [2.75, 3.05) is 20.3 Å². The van der Waals surface area contributed by atoms with Crippen molar-refractivity contribution in [3.8, 4) is 0 Å². The molecule has 1 aromatic carbocycles. The number of methoxy groups -OCH3 is 1. The molecular formula is C15H21N3O. The molecule has 1 heterocycles. The van der Waals surface area contributed by atoms with Crippen LogP contribution >= 0.6 is 0 Å². The van der Waals surface area contributed by atoms with Gasteiger partial charge in [-0.3, -0.25) is 4.68 Å². The number of para-hydroxylation sites is 1. The monoisotopic (exact) mass is 259 g/mol. The van der Waals surface area contributed by atoms with Crippen LogP contribution in [0.25, 0.3) is 10.9 Å². The number of benzene rings is 1. The summed E-state index contributed by atoms with van der Waals surface area (Å²) in [6, 6.07) is 8.31. The van der Waals surface area contributed by atoms with E-state index in [1.807, 2.05) is 23.7 Å². The van der Waals surface area contributed by atoms with Crippen molar-refractivity contribution < 1.29 is 4.74 Å². The minimum Gasteiger partial charge on any atom is -0.383 e. The van der Waals surface area contributed by atoms with Crippen LogP contribution in [0.3, 0.4) is 0 Å². The molecule has 0 bridgehead atoms. The number of allylic oxidation sites excluding steroid dienone is 1. The van der Waals surface area contributed by atoms with E-state index in [0.717, 1.165) is 36.4 Å². The molecule has 102 valence electrons. The molecule has 0 saturated heterocycles. The first kappa shape index (κ1) is 13.8. The number of fused-ring (bicyclic) bond motifs is 1. The van der Waals surface area contributed by atoms with Crippen molar-refractivity contribution in [2.24, 2.45) is 0 Å². The van der Waals surface area contributed by atoms with E-state index >= 15 is 0 Å². The molecule has 2 rings (SSSR count). The van der Waals surface area contributed by atoms with Gasteiger partial charge in [0.1, 0.15) is 0 Å². The molecule has 0 amide bonds.